The molecule has 0 fully saturated rings. The van der Waals surface area contributed by atoms with E-state index in [2.05, 4.69) is 21.3 Å². The molecular weight excluding hydrogens is 296 g/mol. The first-order chi connectivity index (χ1) is 10.8. The second-order valence-corrected chi connectivity index (χ2v) is 5.66. The summed E-state index contributed by atoms with van der Waals surface area (Å²) in [6.45, 7) is 5.62. The predicted molar refractivity (Wildman–Crippen MR) is 90.2 cm³/mol. The van der Waals surface area contributed by atoms with Crippen molar-refractivity contribution in [3.63, 3.8) is 0 Å². The van der Waals surface area contributed by atoms with Gasteiger partial charge in [-0.3, -0.25) is 14.9 Å². The van der Waals surface area contributed by atoms with Gasteiger partial charge in [-0.15, -0.1) is 0 Å². The van der Waals surface area contributed by atoms with Crippen LogP contribution >= 0.6 is 0 Å². The number of benzene rings is 1. The third kappa shape index (κ3) is 6.82. The molecule has 4 amide bonds. The molecule has 4 N–H and O–H groups in total. The molecule has 23 heavy (non-hydrogen) atoms. The van der Waals surface area contributed by atoms with E-state index in [-0.39, 0.29) is 5.91 Å². The van der Waals surface area contributed by atoms with Crippen LogP contribution < -0.4 is 21.3 Å². The van der Waals surface area contributed by atoms with Gasteiger partial charge in [0.15, 0.2) is 0 Å². The minimum absolute atomic E-state index is 0.0287. The quantitative estimate of drug-likeness (QED) is 0.643. The summed E-state index contributed by atoms with van der Waals surface area (Å²) in [5.74, 6) is -0.159. The van der Waals surface area contributed by atoms with E-state index < -0.39 is 18.0 Å². The Morgan fingerprint density at radius 3 is 2.09 bits per heavy atom. The average Bonchev–Trinajstić information content (AvgIpc) is 2.48. The van der Waals surface area contributed by atoms with Gasteiger partial charge in [-0.1, -0.05) is 13.8 Å². The van der Waals surface area contributed by atoms with Gasteiger partial charge in [0.1, 0.15) is 6.04 Å². The van der Waals surface area contributed by atoms with Crippen molar-refractivity contribution in [1.29, 1.82) is 0 Å². The van der Waals surface area contributed by atoms with Gasteiger partial charge in [-0.25, -0.2) is 4.79 Å². The minimum Gasteiger partial charge on any atom is -0.374 e. The maximum absolute atomic E-state index is 11.7. The Bertz CT molecular complexity index is 555. The molecule has 0 aliphatic heterocycles. The van der Waals surface area contributed by atoms with Gasteiger partial charge in [0.25, 0.3) is 0 Å². The van der Waals surface area contributed by atoms with Crippen LogP contribution in [0.25, 0.3) is 0 Å². The highest BCUT2D eigenvalue weighted by molar-refractivity contribution is 5.98. The molecule has 7 nitrogen and oxygen atoms in total. The highest BCUT2D eigenvalue weighted by Gasteiger charge is 2.14. The van der Waals surface area contributed by atoms with E-state index in [9.17, 15) is 14.4 Å². The zero-order valence-electron chi connectivity index (χ0n) is 13.9. The van der Waals surface area contributed by atoms with Gasteiger partial charge >= 0.3 is 6.03 Å². The Morgan fingerprint density at radius 1 is 1.00 bits per heavy atom. The predicted octanol–water partition coefficient (Wildman–Crippen LogP) is 1.93. The molecule has 0 aromatic heterocycles. The Hall–Kier alpha value is -2.57. The minimum atomic E-state index is -0.575. The first kappa shape index (κ1) is 18.5. The second-order valence-electron chi connectivity index (χ2n) is 5.66. The fraction of sp³-hybridized carbons (Fsp3) is 0.438. The number of nitrogens with one attached hydrogen (secondary N) is 4. The van der Waals surface area contributed by atoms with Crippen LogP contribution in [0.3, 0.4) is 0 Å². The van der Waals surface area contributed by atoms with Gasteiger partial charge in [0, 0.05) is 24.8 Å². The van der Waals surface area contributed by atoms with Crippen molar-refractivity contribution >= 4 is 29.2 Å². The maximum Gasteiger partial charge on any atom is 0.321 e. The van der Waals surface area contributed by atoms with Crippen LogP contribution in [0.4, 0.5) is 16.2 Å². The van der Waals surface area contributed by atoms with Gasteiger partial charge in [-0.05, 0) is 37.1 Å². The molecule has 0 saturated carbocycles. The first-order valence-electron chi connectivity index (χ1n) is 7.50. The Morgan fingerprint density at radius 2 is 1.57 bits per heavy atom. The van der Waals surface area contributed by atoms with Crippen LogP contribution in [0.15, 0.2) is 24.3 Å². The van der Waals surface area contributed by atoms with E-state index in [0.717, 1.165) is 0 Å². The second kappa shape index (κ2) is 8.77. The van der Waals surface area contributed by atoms with Crippen LogP contribution in [0, 0.1) is 5.92 Å². The molecule has 0 heterocycles. The number of carbonyl (C=O) groups excluding carboxylic acids is 3. The molecule has 0 saturated heterocycles. The highest BCUT2D eigenvalue weighted by atomic mass is 16.2. The molecule has 1 atom stereocenters. The highest BCUT2D eigenvalue weighted by Crippen LogP contribution is 2.15. The molecule has 126 valence electrons. The molecule has 0 radical (unpaired) electrons. The summed E-state index contributed by atoms with van der Waals surface area (Å²) in [5.41, 5.74) is 1.41. The standard InChI is InChI=1S/C16H24N4O3/c1-10(2)9-14(21)19-13-7-5-12(6-8-13)18-11(3)15(22)20-16(23)17-4/h5-8,10-11,18H,9H2,1-4H3,(H,19,21)(H2,17,20,22,23). The van der Waals surface area contributed by atoms with E-state index in [1.807, 2.05) is 13.8 Å². The normalized spacial score (nSPS) is 11.5. The largest absolute Gasteiger partial charge is 0.374 e. The number of urea groups is 1. The third-order valence-electron chi connectivity index (χ3n) is 3.00. The van der Waals surface area contributed by atoms with Gasteiger partial charge < -0.3 is 16.0 Å². The SMILES string of the molecule is CNC(=O)NC(=O)C(C)Nc1ccc(NC(=O)CC(C)C)cc1. The molecule has 1 aromatic rings. The Labute approximate surface area is 136 Å². The summed E-state index contributed by atoms with van der Waals surface area (Å²) < 4.78 is 0. The topological polar surface area (TPSA) is 99.3 Å². The summed E-state index contributed by atoms with van der Waals surface area (Å²) >= 11 is 0. The molecule has 0 spiro atoms. The van der Waals surface area contributed by atoms with E-state index in [0.29, 0.717) is 23.7 Å². The van der Waals surface area contributed by atoms with E-state index >= 15 is 0 Å². The van der Waals surface area contributed by atoms with E-state index in [1.165, 1.54) is 7.05 Å². The van der Waals surface area contributed by atoms with Crippen molar-refractivity contribution in [3.8, 4) is 0 Å². The fourth-order valence-corrected chi connectivity index (χ4v) is 1.83. The van der Waals surface area contributed by atoms with E-state index in [1.54, 1.807) is 31.2 Å². The van der Waals surface area contributed by atoms with Crippen LogP contribution in [0.2, 0.25) is 0 Å². The number of rotatable bonds is 6. The van der Waals surface area contributed by atoms with Crippen molar-refractivity contribution in [2.75, 3.05) is 17.7 Å². The summed E-state index contributed by atoms with van der Waals surface area (Å²) in [4.78, 5) is 34.5. The van der Waals surface area contributed by atoms with Crippen LogP contribution in [-0.4, -0.2) is 30.9 Å². The summed E-state index contributed by atoms with van der Waals surface area (Å²) in [6, 6.07) is 5.90. The monoisotopic (exact) mass is 320 g/mol. The van der Waals surface area contributed by atoms with Crippen molar-refractivity contribution < 1.29 is 14.4 Å². The first-order valence-corrected chi connectivity index (χ1v) is 7.50. The van der Waals surface area contributed by atoms with E-state index in [4.69, 9.17) is 0 Å². The lowest BCUT2D eigenvalue weighted by Gasteiger charge is -2.15. The van der Waals surface area contributed by atoms with Crippen molar-refractivity contribution in [3.05, 3.63) is 24.3 Å². The zero-order valence-corrected chi connectivity index (χ0v) is 13.9. The molecule has 0 aliphatic carbocycles. The van der Waals surface area contributed by atoms with Crippen LogP contribution in [0.1, 0.15) is 27.2 Å². The summed E-state index contributed by atoms with van der Waals surface area (Å²) in [7, 11) is 1.44. The number of hydrogen-bond acceptors (Lipinski definition) is 4. The molecule has 1 rings (SSSR count). The van der Waals surface area contributed by atoms with Gasteiger partial charge in [-0.2, -0.15) is 0 Å². The molecule has 1 unspecified atom stereocenters. The molecule has 7 heteroatoms. The summed E-state index contributed by atoms with van der Waals surface area (Å²) in [6.07, 6.45) is 0.469. The molecule has 0 bridgehead atoms. The fourth-order valence-electron chi connectivity index (χ4n) is 1.83. The molecule has 0 aliphatic rings. The van der Waals surface area contributed by atoms with Gasteiger partial charge in [0.05, 0.1) is 0 Å². The zero-order chi connectivity index (χ0) is 17.4. The number of hydrogen-bond donors (Lipinski definition) is 4. The number of amides is 4. The number of anilines is 2. The smallest absolute Gasteiger partial charge is 0.321 e. The van der Waals surface area contributed by atoms with Crippen LogP contribution in [0.5, 0.6) is 0 Å². The van der Waals surface area contributed by atoms with Crippen molar-refractivity contribution in [1.82, 2.24) is 10.6 Å². The van der Waals surface area contributed by atoms with Crippen molar-refractivity contribution in [2.45, 2.75) is 33.2 Å². The molecular formula is C16H24N4O3. The third-order valence-corrected chi connectivity index (χ3v) is 3.00. The number of carbonyl (C=O) groups is 3. The lowest BCUT2D eigenvalue weighted by molar-refractivity contribution is -0.120. The maximum atomic E-state index is 11.7. The lowest BCUT2D eigenvalue weighted by Crippen LogP contribution is -2.44. The Balaban J connectivity index is 2.55. The number of imide groups is 1. The lowest BCUT2D eigenvalue weighted by atomic mass is 10.1. The average molecular weight is 320 g/mol. The Kier molecular flexibility index (Phi) is 7.05. The van der Waals surface area contributed by atoms with Crippen molar-refractivity contribution in [2.24, 2.45) is 5.92 Å². The summed E-state index contributed by atoms with van der Waals surface area (Å²) in [5, 5.41) is 10.3. The molecule has 1 aromatic carbocycles. The van der Waals surface area contributed by atoms with Gasteiger partial charge in [0.2, 0.25) is 11.8 Å². The van der Waals surface area contributed by atoms with Crippen LogP contribution in [-0.2, 0) is 9.59 Å².